The molecule has 0 radical (unpaired) electrons. The molecule has 130 valence electrons. The van der Waals surface area contributed by atoms with Crippen molar-refractivity contribution in [2.45, 2.75) is 0 Å². The number of ketones is 2. The van der Waals surface area contributed by atoms with Gasteiger partial charge in [-0.05, 0) is 36.4 Å². The Morgan fingerprint density at radius 3 is 2.00 bits per heavy atom. The summed E-state index contributed by atoms with van der Waals surface area (Å²) in [5.41, 5.74) is 1.40. The van der Waals surface area contributed by atoms with Crippen LogP contribution in [0, 0.1) is 0 Å². The van der Waals surface area contributed by atoms with Crippen LogP contribution in [0.2, 0.25) is 0 Å². The summed E-state index contributed by atoms with van der Waals surface area (Å²) in [5.74, 6) is 0.603. The molecular formula is C19H18O6. The molecule has 0 amide bonds. The molecule has 2 aromatic carbocycles. The summed E-state index contributed by atoms with van der Waals surface area (Å²) in [5, 5.41) is 8.64. The number of fused-ring (bicyclic) bond motifs is 2. The fraction of sp³-hybridized carbons (Fsp3) is 0.263. The Morgan fingerprint density at radius 2 is 1.40 bits per heavy atom. The van der Waals surface area contributed by atoms with Gasteiger partial charge in [-0.3, -0.25) is 9.59 Å². The number of hydrogen-bond donors (Lipinski definition) is 1. The zero-order chi connectivity index (χ0) is 17.8. The quantitative estimate of drug-likeness (QED) is 0.660. The Labute approximate surface area is 144 Å². The highest BCUT2D eigenvalue weighted by atomic mass is 16.5. The minimum absolute atomic E-state index is 0.0420. The molecule has 0 heterocycles. The molecule has 6 heteroatoms. The average Bonchev–Trinajstić information content (AvgIpc) is 2.65. The van der Waals surface area contributed by atoms with Crippen LogP contribution >= 0.6 is 0 Å². The molecule has 3 rings (SSSR count). The lowest BCUT2D eigenvalue weighted by molar-refractivity contribution is 0.0705. The Hall–Kier alpha value is -2.70. The normalized spacial score (nSPS) is 12.6. The highest BCUT2D eigenvalue weighted by Gasteiger charge is 2.30. The van der Waals surface area contributed by atoms with Crippen LogP contribution in [-0.4, -0.2) is 50.2 Å². The van der Waals surface area contributed by atoms with Crippen LogP contribution in [0.1, 0.15) is 31.8 Å². The molecule has 1 aliphatic rings. The second kappa shape index (κ2) is 7.46. The van der Waals surface area contributed by atoms with Crippen molar-refractivity contribution in [2.24, 2.45) is 0 Å². The summed E-state index contributed by atoms with van der Waals surface area (Å²) in [7, 11) is 1.51. The lowest BCUT2D eigenvalue weighted by Crippen LogP contribution is -2.21. The van der Waals surface area contributed by atoms with Crippen LogP contribution in [0.15, 0.2) is 36.4 Å². The van der Waals surface area contributed by atoms with Gasteiger partial charge in [0.2, 0.25) is 0 Å². The second-order valence-corrected chi connectivity index (χ2v) is 5.46. The van der Waals surface area contributed by atoms with Gasteiger partial charge in [-0.25, -0.2) is 0 Å². The lowest BCUT2D eigenvalue weighted by Gasteiger charge is -2.19. The fourth-order valence-electron chi connectivity index (χ4n) is 2.71. The lowest BCUT2D eigenvalue weighted by atomic mass is 9.84. The summed E-state index contributed by atoms with van der Waals surface area (Å²) in [6, 6.07) is 9.68. The molecule has 0 fully saturated rings. The van der Waals surface area contributed by atoms with Crippen molar-refractivity contribution in [3.05, 3.63) is 58.7 Å². The Kier molecular flexibility index (Phi) is 5.11. The van der Waals surface area contributed by atoms with E-state index in [2.05, 4.69) is 0 Å². The molecule has 0 saturated carbocycles. The van der Waals surface area contributed by atoms with Crippen molar-refractivity contribution in [1.82, 2.24) is 0 Å². The van der Waals surface area contributed by atoms with Gasteiger partial charge < -0.3 is 19.3 Å². The second-order valence-electron chi connectivity index (χ2n) is 5.46. The van der Waals surface area contributed by atoms with E-state index in [-0.39, 0.29) is 31.4 Å². The summed E-state index contributed by atoms with van der Waals surface area (Å²) in [6.07, 6.45) is 0. The molecule has 0 spiro atoms. The van der Waals surface area contributed by atoms with E-state index in [9.17, 15) is 9.59 Å². The third-order valence-electron chi connectivity index (χ3n) is 3.93. The van der Waals surface area contributed by atoms with Crippen LogP contribution in [-0.2, 0) is 4.74 Å². The van der Waals surface area contributed by atoms with Crippen LogP contribution in [0.3, 0.4) is 0 Å². The number of carbonyl (C=O) groups excluding carboxylic acids is 2. The van der Waals surface area contributed by atoms with E-state index in [0.29, 0.717) is 40.4 Å². The van der Waals surface area contributed by atoms with E-state index in [1.165, 1.54) is 7.11 Å². The minimum atomic E-state index is -0.214. The van der Waals surface area contributed by atoms with E-state index in [0.717, 1.165) is 0 Å². The highest BCUT2D eigenvalue weighted by molar-refractivity contribution is 6.28. The van der Waals surface area contributed by atoms with Crippen molar-refractivity contribution in [3.63, 3.8) is 0 Å². The number of aliphatic hydroxyl groups is 1. The van der Waals surface area contributed by atoms with Gasteiger partial charge in [0.25, 0.3) is 0 Å². The van der Waals surface area contributed by atoms with Gasteiger partial charge in [-0.2, -0.15) is 0 Å². The van der Waals surface area contributed by atoms with Crippen LogP contribution in [0.25, 0.3) is 0 Å². The smallest absolute Gasteiger partial charge is 0.194 e. The number of methoxy groups -OCH3 is 1. The molecule has 0 aromatic heterocycles. The zero-order valence-electron chi connectivity index (χ0n) is 13.8. The van der Waals surface area contributed by atoms with Gasteiger partial charge >= 0.3 is 0 Å². The van der Waals surface area contributed by atoms with Crippen molar-refractivity contribution < 1.29 is 28.9 Å². The van der Waals surface area contributed by atoms with E-state index < -0.39 is 0 Å². The molecule has 6 nitrogen and oxygen atoms in total. The van der Waals surface area contributed by atoms with E-state index in [4.69, 9.17) is 19.3 Å². The molecule has 0 unspecified atom stereocenters. The largest absolute Gasteiger partial charge is 0.497 e. The minimum Gasteiger partial charge on any atom is -0.497 e. The monoisotopic (exact) mass is 342 g/mol. The molecule has 1 aliphatic carbocycles. The first kappa shape index (κ1) is 17.1. The summed E-state index contributed by atoms with van der Waals surface area (Å²) >= 11 is 0. The average molecular weight is 342 g/mol. The summed E-state index contributed by atoms with van der Waals surface area (Å²) in [4.78, 5) is 25.4. The van der Waals surface area contributed by atoms with Crippen LogP contribution in [0.5, 0.6) is 11.5 Å². The van der Waals surface area contributed by atoms with Gasteiger partial charge in [0.05, 0.1) is 26.9 Å². The predicted molar refractivity (Wildman–Crippen MR) is 89.7 cm³/mol. The van der Waals surface area contributed by atoms with E-state index in [1.54, 1.807) is 36.4 Å². The fourth-order valence-corrected chi connectivity index (χ4v) is 2.71. The van der Waals surface area contributed by atoms with E-state index in [1.807, 2.05) is 0 Å². The maximum Gasteiger partial charge on any atom is 0.194 e. The number of hydrogen-bond acceptors (Lipinski definition) is 6. The molecular weight excluding hydrogens is 324 g/mol. The number of carbonyl (C=O) groups is 2. The third kappa shape index (κ3) is 3.40. The van der Waals surface area contributed by atoms with Crippen molar-refractivity contribution >= 4 is 11.6 Å². The first-order valence-electron chi connectivity index (χ1n) is 7.88. The van der Waals surface area contributed by atoms with Crippen molar-refractivity contribution in [2.75, 3.05) is 33.5 Å². The zero-order valence-corrected chi connectivity index (χ0v) is 13.8. The van der Waals surface area contributed by atoms with E-state index >= 15 is 0 Å². The Bertz CT molecular complexity index is 812. The first-order valence-corrected chi connectivity index (χ1v) is 7.88. The maximum atomic E-state index is 12.7. The van der Waals surface area contributed by atoms with Gasteiger partial charge in [0.1, 0.15) is 18.1 Å². The molecule has 2 aromatic rings. The molecule has 1 N–H and O–H groups in total. The molecule has 25 heavy (non-hydrogen) atoms. The molecule has 0 aliphatic heterocycles. The highest BCUT2D eigenvalue weighted by Crippen LogP contribution is 2.31. The summed E-state index contributed by atoms with van der Waals surface area (Å²) in [6.45, 7) is 0.822. The van der Waals surface area contributed by atoms with Crippen LogP contribution in [0.4, 0.5) is 0 Å². The van der Waals surface area contributed by atoms with Gasteiger partial charge in [-0.15, -0.1) is 0 Å². The van der Waals surface area contributed by atoms with Crippen molar-refractivity contribution in [3.8, 4) is 11.5 Å². The SMILES string of the molecule is COc1ccc2c(c1)C(=O)c1ccc(OCCOCCO)cc1C2=O. The molecule has 0 atom stereocenters. The maximum absolute atomic E-state index is 12.7. The molecule has 0 saturated heterocycles. The number of ether oxygens (including phenoxy) is 3. The van der Waals surface area contributed by atoms with Gasteiger partial charge in [0.15, 0.2) is 11.6 Å². The molecule has 0 bridgehead atoms. The predicted octanol–water partition coefficient (Wildman–Crippen LogP) is 1.86. The van der Waals surface area contributed by atoms with Crippen LogP contribution < -0.4 is 9.47 Å². The van der Waals surface area contributed by atoms with Gasteiger partial charge in [-0.1, -0.05) is 0 Å². The number of aliphatic hydroxyl groups excluding tert-OH is 1. The first-order chi connectivity index (χ1) is 12.2. The number of benzene rings is 2. The Morgan fingerprint density at radius 1 is 0.800 bits per heavy atom. The Balaban J connectivity index is 1.83. The standard InChI is InChI=1S/C19H18O6/c1-23-12-2-4-14-16(10-12)18(21)15-5-3-13(11-17(15)19(14)22)25-9-8-24-7-6-20/h2-5,10-11,20H,6-9H2,1H3. The third-order valence-corrected chi connectivity index (χ3v) is 3.93. The summed E-state index contributed by atoms with van der Waals surface area (Å²) < 4.78 is 15.8. The van der Waals surface area contributed by atoms with Crippen molar-refractivity contribution in [1.29, 1.82) is 0 Å². The van der Waals surface area contributed by atoms with Gasteiger partial charge in [0, 0.05) is 22.3 Å². The number of rotatable bonds is 7. The topological polar surface area (TPSA) is 82.1 Å².